The molecular formula is C19H20N6O2S. The van der Waals surface area contributed by atoms with Crippen molar-refractivity contribution in [1.82, 2.24) is 24.1 Å². The van der Waals surface area contributed by atoms with Crippen molar-refractivity contribution in [2.45, 2.75) is 32.2 Å². The fourth-order valence-corrected chi connectivity index (χ4v) is 4.76. The molecule has 0 atom stereocenters. The van der Waals surface area contributed by atoms with Crippen LogP contribution in [0.2, 0.25) is 0 Å². The van der Waals surface area contributed by atoms with Gasteiger partial charge in [-0.3, -0.25) is 13.8 Å². The number of aryl methyl sites for hydroxylation is 2. The van der Waals surface area contributed by atoms with Crippen molar-refractivity contribution in [1.29, 1.82) is 0 Å². The molecule has 0 aliphatic rings. The van der Waals surface area contributed by atoms with Crippen LogP contribution in [0, 0.1) is 13.8 Å². The number of fused-ring (bicyclic) bond motifs is 1. The standard InChI is InChI=1S/C19H20N6O2S/c1-4-25-14(3)18(13(2)22-25)28(26,27)23-16-8-5-7-15(11-16)17-12-24-10-6-9-20-19(24)21-17/h5-12,23H,4H2,1-3H3. The molecule has 4 aromatic rings. The Balaban J connectivity index is 1.69. The second-order valence-electron chi connectivity index (χ2n) is 6.46. The smallest absolute Gasteiger partial charge is 0.265 e. The summed E-state index contributed by atoms with van der Waals surface area (Å²) < 4.78 is 32.1. The molecule has 0 aliphatic heterocycles. The van der Waals surface area contributed by atoms with Gasteiger partial charge in [-0.15, -0.1) is 0 Å². The molecule has 1 N–H and O–H groups in total. The third-order valence-electron chi connectivity index (χ3n) is 4.53. The van der Waals surface area contributed by atoms with Crippen LogP contribution in [0.25, 0.3) is 17.0 Å². The fourth-order valence-electron chi connectivity index (χ4n) is 3.29. The van der Waals surface area contributed by atoms with Crippen molar-refractivity contribution in [3.8, 4) is 11.3 Å². The fraction of sp³-hybridized carbons (Fsp3) is 0.211. The number of rotatable bonds is 5. The summed E-state index contributed by atoms with van der Waals surface area (Å²) in [6.45, 7) is 6.00. The minimum Gasteiger partial charge on any atom is -0.291 e. The SMILES string of the molecule is CCn1nc(C)c(S(=O)(=O)Nc2cccc(-c3cn4cccnc4n3)c2)c1C. The first-order chi connectivity index (χ1) is 13.4. The summed E-state index contributed by atoms with van der Waals surface area (Å²) in [5, 5.41) is 4.30. The van der Waals surface area contributed by atoms with Gasteiger partial charge in [-0.05, 0) is 39.0 Å². The van der Waals surface area contributed by atoms with Gasteiger partial charge in [0.25, 0.3) is 10.0 Å². The van der Waals surface area contributed by atoms with Gasteiger partial charge in [-0.2, -0.15) is 5.10 Å². The van der Waals surface area contributed by atoms with Crippen molar-refractivity contribution in [2.75, 3.05) is 4.72 Å². The maximum atomic E-state index is 13.0. The molecule has 0 spiro atoms. The van der Waals surface area contributed by atoms with Gasteiger partial charge >= 0.3 is 0 Å². The van der Waals surface area contributed by atoms with E-state index in [4.69, 9.17) is 0 Å². The Kier molecular flexibility index (Phi) is 4.38. The number of hydrogen-bond acceptors (Lipinski definition) is 5. The molecule has 4 rings (SSSR count). The highest BCUT2D eigenvalue weighted by Gasteiger charge is 2.24. The van der Waals surface area contributed by atoms with Gasteiger partial charge in [0, 0.05) is 36.4 Å². The molecule has 0 amide bonds. The summed E-state index contributed by atoms with van der Waals surface area (Å²) in [4.78, 5) is 8.91. The number of nitrogens with zero attached hydrogens (tertiary/aromatic N) is 5. The van der Waals surface area contributed by atoms with Crippen LogP contribution in [0.15, 0.2) is 53.8 Å². The molecular weight excluding hydrogens is 376 g/mol. The van der Waals surface area contributed by atoms with E-state index in [2.05, 4.69) is 19.8 Å². The lowest BCUT2D eigenvalue weighted by Crippen LogP contribution is -2.15. The lowest BCUT2D eigenvalue weighted by atomic mass is 10.1. The highest BCUT2D eigenvalue weighted by Crippen LogP contribution is 2.26. The van der Waals surface area contributed by atoms with Crippen LogP contribution >= 0.6 is 0 Å². The number of aromatic nitrogens is 5. The van der Waals surface area contributed by atoms with Gasteiger partial charge in [0.05, 0.1) is 17.1 Å². The third kappa shape index (κ3) is 3.13. The third-order valence-corrected chi connectivity index (χ3v) is 6.16. The highest BCUT2D eigenvalue weighted by molar-refractivity contribution is 7.92. The first kappa shape index (κ1) is 18.2. The molecule has 9 heteroatoms. The molecule has 0 saturated carbocycles. The van der Waals surface area contributed by atoms with Crippen molar-refractivity contribution in [3.05, 3.63) is 60.3 Å². The van der Waals surface area contributed by atoms with E-state index in [9.17, 15) is 8.42 Å². The van der Waals surface area contributed by atoms with Crippen LogP contribution in [-0.2, 0) is 16.6 Å². The first-order valence-corrected chi connectivity index (χ1v) is 10.3. The summed E-state index contributed by atoms with van der Waals surface area (Å²) in [7, 11) is -3.76. The quantitative estimate of drug-likeness (QED) is 0.560. The molecule has 0 unspecified atom stereocenters. The Labute approximate surface area is 162 Å². The van der Waals surface area contributed by atoms with Gasteiger partial charge in [-0.25, -0.2) is 18.4 Å². The zero-order valence-electron chi connectivity index (χ0n) is 15.8. The Morgan fingerprint density at radius 1 is 1.18 bits per heavy atom. The summed E-state index contributed by atoms with van der Waals surface area (Å²) in [5.41, 5.74) is 3.07. The molecule has 28 heavy (non-hydrogen) atoms. The van der Waals surface area contributed by atoms with Crippen molar-refractivity contribution < 1.29 is 8.42 Å². The Morgan fingerprint density at radius 2 is 2.00 bits per heavy atom. The van der Waals surface area contributed by atoms with Crippen molar-refractivity contribution in [3.63, 3.8) is 0 Å². The van der Waals surface area contributed by atoms with E-state index >= 15 is 0 Å². The van der Waals surface area contributed by atoms with Gasteiger partial charge in [0.1, 0.15) is 4.90 Å². The normalized spacial score (nSPS) is 11.8. The van der Waals surface area contributed by atoms with Crippen LogP contribution in [0.3, 0.4) is 0 Å². The lowest BCUT2D eigenvalue weighted by Gasteiger charge is -2.09. The molecule has 0 fully saturated rings. The molecule has 0 bridgehead atoms. The zero-order valence-corrected chi connectivity index (χ0v) is 16.6. The second-order valence-corrected chi connectivity index (χ2v) is 8.07. The molecule has 8 nitrogen and oxygen atoms in total. The molecule has 0 radical (unpaired) electrons. The van der Waals surface area contributed by atoms with E-state index in [0.29, 0.717) is 35.1 Å². The van der Waals surface area contributed by atoms with E-state index in [1.165, 1.54) is 0 Å². The monoisotopic (exact) mass is 396 g/mol. The number of benzene rings is 1. The van der Waals surface area contributed by atoms with Crippen LogP contribution in [0.4, 0.5) is 5.69 Å². The van der Waals surface area contributed by atoms with Gasteiger partial charge in [0.2, 0.25) is 5.78 Å². The number of hydrogen-bond donors (Lipinski definition) is 1. The molecule has 3 aromatic heterocycles. The van der Waals surface area contributed by atoms with Crippen molar-refractivity contribution in [2.24, 2.45) is 0 Å². The Hall–Kier alpha value is -3.20. The largest absolute Gasteiger partial charge is 0.291 e. The number of anilines is 1. The summed E-state index contributed by atoms with van der Waals surface area (Å²) in [6.07, 6.45) is 5.40. The molecule has 3 heterocycles. The predicted molar refractivity (Wildman–Crippen MR) is 107 cm³/mol. The van der Waals surface area contributed by atoms with E-state index in [-0.39, 0.29) is 4.90 Å². The van der Waals surface area contributed by atoms with Crippen molar-refractivity contribution >= 4 is 21.5 Å². The summed E-state index contributed by atoms with van der Waals surface area (Å²) in [5.74, 6) is 0.585. The summed E-state index contributed by atoms with van der Waals surface area (Å²) in [6, 6.07) is 8.97. The first-order valence-electron chi connectivity index (χ1n) is 8.86. The minimum atomic E-state index is -3.76. The molecule has 144 valence electrons. The average molecular weight is 396 g/mol. The van der Waals surface area contributed by atoms with Crippen LogP contribution in [0.1, 0.15) is 18.3 Å². The molecule has 0 aliphatic carbocycles. The minimum absolute atomic E-state index is 0.219. The summed E-state index contributed by atoms with van der Waals surface area (Å²) >= 11 is 0. The van der Waals surface area contributed by atoms with Gasteiger partial charge in [-0.1, -0.05) is 12.1 Å². The van der Waals surface area contributed by atoms with Crippen LogP contribution < -0.4 is 4.72 Å². The molecule has 0 saturated heterocycles. The lowest BCUT2D eigenvalue weighted by molar-refractivity contribution is 0.598. The Bertz CT molecular complexity index is 1240. The van der Waals surface area contributed by atoms with E-state index in [1.807, 2.05) is 35.9 Å². The van der Waals surface area contributed by atoms with E-state index in [1.54, 1.807) is 42.9 Å². The topological polar surface area (TPSA) is 94.2 Å². The van der Waals surface area contributed by atoms with E-state index < -0.39 is 10.0 Å². The van der Waals surface area contributed by atoms with Gasteiger partial charge in [0.15, 0.2) is 0 Å². The van der Waals surface area contributed by atoms with Crippen LogP contribution in [0.5, 0.6) is 0 Å². The van der Waals surface area contributed by atoms with E-state index in [0.717, 1.165) is 5.56 Å². The number of imidazole rings is 1. The number of sulfonamides is 1. The highest BCUT2D eigenvalue weighted by atomic mass is 32.2. The average Bonchev–Trinajstić information content (AvgIpc) is 3.22. The Morgan fingerprint density at radius 3 is 2.71 bits per heavy atom. The number of nitrogens with one attached hydrogen (secondary N) is 1. The predicted octanol–water partition coefficient (Wildman–Crippen LogP) is 3.03. The van der Waals surface area contributed by atoms with Gasteiger partial charge < -0.3 is 0 Å². The van der Waals surface area contributed by atoms with Crippen LogP contribution in [-0.4, -0.2) is 32.6 Å². The molecule has 1 aromatic carbocycles. The maximum Gasteiger partial charge on any atom is 0.265 e. The maximum absolute atomic E-state index is 13.0. The zero-order chi connectivity index (χ0) is 19.9. The second kappa shape index (κ2) is 6.75.